The molecule has 7 nitrogen and oxygen atoms in total. The van der Waals surface area contributed by atoms with Crippen LogP contribution in [0.1, 0.15) is 62.2 Å². The Morgan fingerprint density at radius 2 is 1.84 bits per heavy atom. The fourth-order valence-electron chi connectivity index (χ4n) is 4.59. The maximum absolute atomic E-state index is 13.1. The number of nitrogens with zero attached hydrogens (tertiary/aromatic N) is 3. The van der Waals surface area contributed by atoms with E-state index >= 15 is 0 Å². The molecule has 164 valence electrons. The number of nitrogens with one attached hydrogen (secondary N) is 1. The van der Waals surface area contributed by atoms with Crippen LogP contribution in [0.4, 0.5) is 0 Å². The Labute approximate surface area is 182 Å². The van der Waals surface area contributed by atoms with E-state index in [1.165, 1.54) is 0 Å². The van der Waals surface area contributed by atoms with Crippen molar-refractivity contribution in [3.8, 4) is 0 Å². The number of carbonyl (C=O) groups is 2. The number of hydrogen-bond acceptors (Lipinski definition) is 5. The van der Waals surface area contributed by atoms with Gasteiger partial charge < -0.3 is 14.7 Å². The molecule has 2 fully saturated rings. The van der Waals surface area contributed by atoms with Crippen molar-refractivity contribution in [3.05, 3.63) is 53.7 Å². The van der Waals surface area contributed by atoms with Crippen LogP contribution in [-0.4, -0.2) is 39.9 Å². The first-order valence-corrected chi connectivity index (χ1v) is 11.2. The summed E-state index contributed by atoms with van der Waals surface area (Å²) in [7, 11) is 0. The zero-order valence-electron chi connectivity index (χ0n) is 18.0. The van der Waals surface area contributed by atoms with Gasteiger partial charge in [-0.05, 0) is 37.3 Å². The van der Waals surface area contributed by atoms with Crippen molar-refractivity contribution in [3.63, 3.8) is 0 Å². The second-order valence-electron chi connectivity index (χ2n) is 8.61. The molecule has 2 amide bonds. The van der Waals surface area contributed by atoms with Gasteiger partial charge in [-0.25, -0.2) is 0 Å². The fourth-order valence-corrected chi connectivity index (χ4v) is 4.59. The van der Waals surface area contributed by atoms with Gasteiger partial charge in [-0.2, -0.15) is 4.98 Å². The van der Waals surface area contributed by atoms with E-state index in [4.69, 9.17) is 4.52 Å². The number of aryl methyl sites for hydroxylation is 1. The first-order valence-electron chi connectivity index (χ1n) is 11.2. The average Bonchev–Trinajstić information content (AvgIpc) is 3.26. The summed E-state index contributed by atoms with van der Waals surface area (Å²) in [5.74, 6) is 1.04. The molecule has 1 saturated heterocycles. The van der Waals surface area contributed by atoms with Crippen LogP contribution in [0.15, 0.2) is 40.9 Å². The smallest absolute Gasteiger partial charge is 0.246 e. The molecule has 2 heterocycles. The van der Waals surface area contributed by atoms with Crippen LogP contribution in [-0.2, 0) is 15.1 Å². The molecule has 0 atom stereocenters. The molecule has 2 aromatic rings. The molecule has 7 heteroatoms. The topological polar surface area (TPSA) is 88.3 Å². The second kappa shape index (κ2) is 9.45. The predicted molar refractivity (Wildman–Crippen MR) is 117 cm³/mol. The van der Waals surface area contributed by atoms with Gasteiger partial charge in [0.1, 0.15) is 5.54 Å². The van der Waals surface area contributed by atoms with Gasteiger partial charge in [-0.3, -0.25) is 9.59 Å². The standard InChI is InChI=1S/C24H30N4O3/c1-18-25-23(27-31-18)24(14-6-3-7-15-24)26-22(30)20-12-16-28(17-13-20)21(29)11-10-19-8-4-2-5-9-19/h2,4-5,8-11,20H,3,6-7,12-17H2,1H3,(H,26,30)/b11-10+. The van der Waals surface area contributed by atoms with E-state index < -0.39 is 5.54 Å². The van der Waals surface area contributed by atoms with Crippen molar-refractivity contribution in [2.75, 3.05) is 13.1 Å². The molecule has 0 radical (unpaired) electrons. The third-order valence-electron chi connectivity index (χ3n) is 6.42. The van der Waals surface area contributed by atoms with Gasteiger partial charge in [-0.15, -0.1) is 0 Å². The van der Waals surface area contributed by atoms with Gasteiger partial charge in [0.05, 0.1) is 0 Å². The lowest BCUT2D eigenvalue weighted by Crippen LogP contribution is -2.51. The Morgan fingerprint density at radius 1 is 1.13 bits per heavy atom. The van der Waals surface area contributed by atoms with E-state index in [0.29, 0.717) is 37.6 Å². The summed E-state index contributed by atoms with van der Waals surface area (Å²) in [4.78, 5) is 31.9. The molecule has 1 aromatic heterocycles. The monoisotopic (exact) mass is 422 g/mol. The number of rotatable bonds is 5. The SMILES string of the molecule is Cc1nc(C2(NC(=O)C3CCN(C(=O)/C=C/c4ccccc4)CC3)CCCCC2)no1. The minimum atomic E-state index is -0.529. The Balaban J connectivity index is 1.34. The first-order chi connectivity index (χ1) is 15.1. The van der Waals surface area contributed by atoms with E-state index in [9.17, 15) is 9.59 Å². The van der Waals surface area contributed by atoms with Crippen LogP contribution in [0.2, 0.25) is 0 Å². The first kappa shape index (κ1) is 21.3. The van der Waals surface area contributed by atoms with Crippen LogP contribution in [0.5, 0.6) is 0 Å². The highest BCUT2D eigenvalue weighted by molar-refractivity contribution is 5.92. The van der Waals surface area contributed by atoms with Crippen molar-refractivity contribution < 1.29 is 14.1 Å². The van der Waals surface area contributed by atoms with Crippen molar-refractivity contribution in [1.82, 2.24) is 20.4 Å². The van der Waals surface area contributed by atoms with Crippen molar-refractivity contribution in [2.24, 2.45) is 5.92 Å². The fraction of sp³-hybridized carbons (Fsp3) is 0.500. The molecule has 1 N–H and O–H groups in total. The molecule has 31 heavy (non-hydrogen) atoms. The molecular formula is C24H30N4O3. The van der Waals surface area contributed by atoms with Gasteiger partial charge in [0.15, 0.2) is 5.82 Å². The predicted octanol–water partition coefficient (Wildman–Crippen LogP) is 3.61. The number of aromatic nitrogens is 2. The molecule has 0 spiro atoms. The third-order valence-corrected chi connectivity index (χ3v) is 6.42. The lowest BCUT2D eigenvalue weighted by Gasteiger charge is -2.38. The van der Waals surface area contributed by atoms with Crippen molar-refractivity contribution >= 4 is 17.9 Å². The lowest BCUT2D eigenvalue weighted by molar-refractivity contribution is -0.133. The summed E-state index contributed by atoms with van der Waals surface area (Å²) in [6.07, 6.45) is 9.68. The van der Waals surface area contributed by atoms with Gasteiger partial charge in [-0.1, -0.05) is 54.8 Å². The number of amides is 2. The Hall–Kier alpha value is -2.96. The summed E-state index contributed by atoms with van der Waals surface area (Å²) >= 11 is 0. The van der Waals surface area contributed by atoms with E-state index in [1.807, 2.05) is 41.3 Å². The van der Waals surface area contributed by atoms with Gasteiger partial charge in [0.25, 0.3) is 0 Å². The number of carbonyl (C=O) groups excluding carboxylic acids is 2. The van der Waals surface area contributed by atoms with E-state index in [-0.39, 0.29) is 17.7 Å². The van der Waals surface area contributed by atoms with Crippen LogP contribution in [0.25, 0.3) is 6.08 Å². The highest BCUT2D eigenvalue weighted by atomic mass is 16.5. The second-order valence-corrected chi connectivity index (χ2v) is 8.61. The summed E-state index contributed by atoms with van der Waals surface area (Å²) in [5.41, 5.74) is 0.470. The minimum absolute atomic E-state index is 0.00580. The van der Waals surface area contributed by atoms with Gasteiger partial charge in [0.2, 0.25) is 17.7 Å². The zero-order valence-corrected chi connectivity index (χ0v) is 18.0. The quantitative estimate of drug-likeness (QED) is 0.744. The zero-order chi connectivity index (χ0) is 21.7. The number of piperidine rings is 1. The summed E-state index contributed by atoms with van der Waals surface area (Å²) in [5, 5.41) is 7.41. The highest BCUT2D eigenvalue weighted by Crippen LogP contribution is 2.36. The van der Waals surface area contributed by atoms with E-state index in [1.54, 1.807) is 13.0 Å². The number of benzene rings is 1. The Morgan fingerprint density at radius 3 is 2.48 bits per heavy atom. The Bertz CT molecular complexity index is 923. The molecule has 0 bridgehead atoms. The molecule has 2 aliphatic rings. The lowest BCUT2D eigenvalue weighted by atomic mass is 9.80. The average molecular weight is 423 g/mol. The number of likely N-dealkylation sites (tertiary alicyclic amines) is 1. The summed E-state index contributed by atoms with van der Waals surface area (Å²) in [6.45, 7) is 2.95. The maximum Gasteiger partial charge on any atom is 0.246 e. The van der Waals surface area contributed by atoms with Crippen LogP contribution >= 0.6 is 0 Å². The van der Waals surface area contributed by atoms with Gasteiger partial charge in [0, 0.05) is 32.0 Å². The molecule has 1 saturated carbocycles. The largest absolute Gasteiger partial charge is 0.343 e. The summed E-state index contributed by atoms with van der Waals surface area (Å²) in [6, 6.07) is 9.78. The molecule has 4 rings (SSSR count). The van der Waals surface area contributed by atoms with Crippen LogP contribution in [0, 0.1) is 12.8 Å². The Kier molecular flexibility index (Phi) is 6.49. The molecule has 1 aliphatic heterocycles. The van der Waals surface area contributed by atoms with Crippen LogP contribution < -0.4 is 5.32 Å². The van der Waals surface area contributed by atoms with E-state index in [0.717, 1.165) is 37.7 Å². The molecule has 1 aromatic carbocycles. The van der Waals surface area contributed by atoms with Crippen molar-refractivity contribution in [2.45, 2.75) is 57.4 Å². The van der Waals surface area contributed by atoms with E-state index in [2.05, 4.69) is 15.5 Å². The normalized spacial score (nSPS) is 19.5. The van der Waals surface area contributed by atoms with Crippen molar-refractivity contribution in [1.29, 1.82) is 0 Å². The molecule has 1 aliphatic carbocycles. The minimum Gasteiger partial charge on any atom is -0.343 e. The third kappa shape index (κ3) is 5.03. The number of hydrogen-bond donors (Lipinski definition) is 1. The van der Waals surface area contributed by atoms with Crippen LogP contribution in [0.3, 0.4) is 0 Å². The maximum atomic E-state index is 13.1. The highest BCUT2D eigenvalue weighted by Gasteiger charge is 2.41. The molecular weight excluding hydrogens is 392 g/mol. The molecule has 0 unspecified atom stereocenters. The van der Waals surface area contributed by atoms with Gasteiger partial charge >= 0.3 is 0 Å². The summed E-state index contributed by atoms with van der Waals surface area (Å²) < 4.78 is 5.20.